The number of nitrogens with zero attached hydrogens (tertiary/aromatic N) is 2. The molecule has 0 spiro atoms. The van der Waals surface area contributed by atoms with E-state index in [1.165, 1.54) is 30.4 Å². The van der Waals surface area contributed by atoms with Gasteiger partial charge in [0.05, 0.1) is 0 Å². The SMILES string of the molecule is CN(C(=O)OC(C)(C)C)C1CCN(C(CC2CC2)c2ccc(C3(N)CC3)cc2)CC1. The lowest BCUT2D eigenvalue weighted by Crippen LogP contribution is -2.47. The van der Waals surface area contributed by atoms with E-state index in [1.54, 1.807) is 0 Å². The number of rotatable bonds is 6. The molecule has 30 heavy (non-hydrogen) atoms. The Balaban J connectivity index is 1.38. The quantitative estimate of drug-likeness (QED) is 0.727. The van der Waals surface area contributed by atoms with Crippen molar-refractivity contribution in [3.05, 3.63) is 35.4 Å². The van der Waals surface area contributed by atoms with Gasteiger partial charge in [-0.1, -0.05) is 37.1 Å². The number of likely N-dealkylation sites (tertiary alicyclic amines) is 1. The van der Waals surface area contributed by atoms with Crippen molar-refractivity contribution in [2.45, 2.75) is 88.9 Å². The molecule has 2 N–H and O–H groups in total. The zero-order valence-electron chi connectivity index (χ0n) is 19.2. The smallest absolute Gasteiger partial charge is 0.410 e. The van der Waals surface area contributed by atoms with Crippen LogP contribution in [0, 0.1) is 5.92 Å². The standard InChI is InChI=1S/C25H39N3O2/c1-24(2,3)30-23(29)27(4)21-11-15-28(16-12-21)22(17-18-5-6-18)19-7-9-20(10-8-19)25(26)13-14-25/h7-10,18,21-22H,5-6,11-17,26H2,1-4H3. The largest absolute Gasteiger partial charge is 0.444 e. The van der Waals surface area contributed by atoms with Crippen LogP contribution in [0.1, 0.15) is 82.9 Å². The second kappa shape index (κ2) is 8.16. The highest BCUT2D eigenvalue weighted by Crippen LogP contribution is 2.44. The van der Waals surface area contributed by atoms with E-state index in [4.69, 9.17) is 10.5 Å². The van der Waals surface area contributed by atoms with E-state index in [0.717, 1.165) is 44.7 Å². The molecule has 1 atom stereocenters. The van der Waals surface area contributed by atoms with Gasteiger partial charge in [-0.2, -0.15) is 0 Å². The van der Waals surface area contributed by atoms with Gasteiger partial charge in [0.2, 0.25) is 0 Å². The van der Waals surface area contributed by atoms with E-state index in [9.17, 15) is 4.79 Å². The minimum atomic E-state index is -0.448. The van der Waals surface area contributed by atoms with Gasteiger partial charge in [0.15, 0.2) is 0 Å². The zero-order valence-corrected chi connectivity index (χ0v) is 19.2. The van der Waals surface area contributed by atoms with Gasteiger partial charge in [0.25, 0.3) is 0 Å². The van der Waals surface area contributed by atoms with Crippen LogP contribution in [0.2, 0.25) is 0 Å². The number of amides is 1. The third-order valence-electron chi connectivity index (χ3n) is 7.08. The number of carbonyl (C=O) groups excluding carboxylic acids is 1. The summed E-state index contributed by atoms with van der Waals surface area (Å²) in [6, 6.07) is 9.87. The molecule has 0 radical (unpaired) electrons. The van der Waals surface area contributed by atoms with Crippen LogP contribution in [-0.2, 0) is 10.3 Å². The average molecular weight is 414 g/mol. The van der Waals surface area contributed by atoms with Crippen molar-refractivity contribution in [2.24, 2.45) is 11.7 Å². The maximum absolute atomic E-state index is 12.4. The minimum Gasteiger partial charge on any atom is -0.444 e. The maximum Gasteiger partial charge on any atom is 0.410 e. The van der Waals surface area contributed by atoms with Gasteiger partial charge in [0, 0.05) is 37.8 Å². The Morgan fingerprint density at radius 1 is 1.17 bits per heavy atom. The van der Waals surface area contributed by atoms with Crippen molar-refractivity contribution in [3.8, 4) is 0 Å². The Morgan fingerprint density at radius 3 is 2.27 bits per heavy atom. The summed E-state index contributed by atoms with van der Waals surface area (Å²) in [4.78, 5) is 16.9. The van der Waals surface area contributed by atoms with E-state index in [2.05, 4.69) is 29.2 Å². The number of hydrogen-bond acceptors (Lipinski definition) is 4. The van der Waals surface area contributed by atoms with Crippen LogP contribution in [0.4, 0.5) is 4.79 Å². The Kier molecular flexibility index (Phi) is 5.88. The van der Waals surface area contributed by atoms with Gasteiger partial charge in [-0.05, 0) is 69.9 Å². The van der Waals surface area contributed by atoms with Crippen molar-refractivity contribution in [1.82, 2.24) is 9.80 Å². The van der Waals surface area contributed by atoms with Crippen LogP contribution in [-0.4, -0.2) is 47.7 Å². The van der Waals surface area contributed by atoms with Gasteiger partial charge in [0.1, 0.15) is 5.60 Å². The molecule has 2 saturated carbocycles. The lowest BCUT2D eigenvalue weighted by molar-refractivity contribution is 0.0124. The average Bonchev–Trinajstić information content (AvgIpc) is 3.63. The summed E-state index contributed by atoms with van der Waals surface area (Å²) in [5.41, 5.74) is 8.58. The molecule has 1 aromatic rings. The molecule has 1 saturated heterocycles. The van der Waals surface area contributed by atoms with Crippen LogP contribution in [0.5, 0.6) is 0 Å². The second-order valence-electron chi connectivity index (χ2n) is 10.8. The van der Waals surface area contributed by atoms with Crippen LogP contribution >= 0.6 is 0 Å². The zero-order chi connectivity index (χ0) is 21.5. The molecule has 0 aromatic heterocycles. The molecular formula is C25H39N3O2. The third kappa shape index (κ3) is 5.17. The molecule has 2 aliphatic carbocycles. The summed E-state index contributed by atoms with van der Waals surface area (Å²) in [5, 5.41) is 0. The fourth-order valence-electron chi connectivity index (χ4n) is 4.69. The number of piperidine rings is 1. The Hall–Kier alpha value is -1.59. The van der Waals surface area contributed by atoms with E-state index in [-0.39, 0.29) is 17.7 Å². The fraction of sp³-hybridized carbons (Fsp3) is 0.720. The molecular weight excluding hydrogens is 374 g/mol. The van der Waals surface area contributed by atoms with Crippen LogP contribution in [0.3, 0.4) is 0 Å². The van der Waals surface area contributed by atoms with Crippen LogP contribution in [0.25, 0.3) is 0 Å². The predicted molar refractivity (Wildman–Crippen MR) is 120 cm³/mol. The summed E-state index contributed by atoms with van der Waals surface area (Å²) in [7, 11) is 1.88. The van der Waals surface area contributed by atoms with E-state index in [1.807, 2.05) is 32.7 Å². The van der Waals surface area contributed by atoms with Crippen molar-refractivity contribution in [2.75, 3.05) is 20.1 Å². The minimum absolute atomic E-state index is 0.0604. The molecule has 1 unspecified atom stereocenters. The number of benzene rings is 1. The molecule has 3 aliphatic rings. The number of hydrogen-bond donors (Lipinski definition) is 1. The number of carbonyl (C=O) groups is 1. The summed E-state index contributed by atoms with van der Waals surface area (Å²) >= 11 is 0. The highest BCUT2D eigenvalue weighted by Gasteiger charge is 2.40. The van der Waals surface area contributed by atoms with E-state index < -0.39 is 5.60 Å². The summed E-state index contributed by atoms with van der Waals surface area (Å²) in [5.74, 6) is 0.876. The van der Waals surface area contributed by atoms with Crippen LogP contribution in [0.15, 0.2) is 24.3 Å². The first-order valence-corrected chi connectivity index (χ1v) is 11.7. The molecule has 1 aromatic carbocycles. The Labute approximate surface area is 181 Å². The van der Waals surface area contributed by atoms with Crippen molar-refractivity contribution in [3.63, 3.8) is 0 Å². The van der Waals surface area contributed by atoms with Gasteiger partial charge < -0.3 is 15.4 Å². The normalized spacial score (nSPS) is 23.1. The molecule has 166 valence electrons. The highest BCUT2D eigenvalue weighted by atomic mass is 16.6. The summed E-state index contributed by atoms with van der Waals surface area (Å²) in [6.45, 7) is 7.82. The number of nitrogens with two attached hydrogens (primary N) is 1. The molecule has 3 fully saturated rings. The third-order valence-corrected chi connectivity index (χ3v) is 7.08. The van der Waals surface area contributed by atoms with Crippen molar-refractivity contribution >= 4 is 6.09 Å². The van der Waals surface area contributed by atoms with Gasteiger partial charge in [-0.15, -0.1) is 0 Å². The van der Waals surface area contributed by atoms with Gasteiger partial charge in [-0.25, -0.2) is 4.79 Å². The lowest BCUT2D eigenvalue weighted by Gasteiger charge is -2.41. The topological polar surface area (TPSA) is 58.8 Å². The highest BCUT2D eigenvalue weighted by molar-refractivity contribution is 5.68. The molecule has 5 nitrogen and oxygen atoms in total. The molecule has 4 rings (SSSR count). The van der Waals surface area contributed by atoms with Gasteiger partial charge >= 0.3 is 6.09 Å². The van der Waals surface area contributed by atoms with Crippen LogP contribution < -0.4 is 5.73 Å². The first-order chi connectivity index (χ1) is 14.1. The lowest BCUT2D eigenvalue weighted by atomic mass is 9.93. The summed E-state index contributed by atoms with van der Waals surface area (Å²) < 4.78 is 5.56. The second-order valence-corrected chi connectivity index (χ2v) is 10.8. The maximum atomic E-state index is 12.4. The molecule has 1 heterocycles. The fourth-order valence-corrected chi connectivity index (χ4v) is 4.69. The first kappa shape index (κ1) is 21.6. The summed E-state index contributed by atoms with van der Waals surface area (Å²) in [6.07, 6.45) is 8.01. The molecule has 1 amide bonds. The van der Waals surface area contributed by atoms with E-state index >= 15 is 0 Å². The Morgan fingerprint density at radius 2 is 1.77 bits per heavy atom. The Bertz CT molecular complexity index is 739. The van der Waals surface area contributed by atoms with Crippen molar-refractivity contribution < 1.29 is 9.53 Å². The molecule has 5 heteroatoms. The predicted octanol–water partition coefficient (Wildman–Crippen LogP) is 4.81. The monoisotopic (exact) mass is 413 g/mol. The molecule has 0 bridgehead atoms. The van der Waals surface area contributed by atoms with E-state index in [0.29, 0.717) is 6.04 Å². The molecule has 1 aliphatic heterocycles. The van der Waals surface area contributed by atoms with Crippen molar-refractivity contribution in [1.29, 1.82) is 0 Å². The number of ether oxygens (including phenoxy) is 1. The first-order valence-electron chi connectivity index (χ1n) is 11.7. The van der Waals surface area contributed by atoms with Gasteiger partial charge in [-0.3, -0.25) is 4.90 Å².